The van der Waals surface area contributed by atoms with Crippen molar-refractivity contribution in [1.29, 1.82) is 0 Å². The first-order chi connectivity index (χ1) is 11.0. The van der Waals surface area contributed by atoms with Gasteiger partial charge in [-0.3, -0.25) is 4.79 Å². The predicted octanol–water partition coefficient (Wildman–Crippen LogP) is 3.20. The van der Waals surface area contributed by atoms with Crippen molar-refractivity contribution in [1.82, 2.24) is 9.88 Å². The van der Waals surface area contributed by atoms with E-state index < -0.39 is 0 Å². The number of nitrogens with two attached hydrogens (primary N) is 1. The van der Waals surface area contributed by atoms with E-state index >= 15 is 0 Å². The molecule has 23 heavy (non-hydrogen) atoms. The average Bonchev–Trinajstić information content (AvgIpc) is 3.15. The third kappa shape index (κ3) is 3.57. The standard InChI is InChI=1S/C17H20ClN3OS/c1-17(10-19)6-7-21(11-17)15(22)8-12-9-23-16(20-12)13-4-2-3-5-14(13)18/h2-5,9H,6-8,10-11,19H2,1H3. The summed E-state index contributed by atoms with van der Waals surface area (Å²) in [6, 6.07) is 7.62. The first-order valence-electron chi connectivity index (χ1n) is 7.68. The van der Waals surface area contributed by atoms with Gasteiger partial charge < -0.3 is 10.6 Å². The van der Waals surface area contributed by atoms with E-state index in [0.717, 1.165) is 35.8 Å². The highest BCUT2D eigenvalue weighted by molar-refractivity contribution is 7.13. The second-order valence-electron chi connectivity index (χ2n) is 6.38. The van der Waals surface area contributed by atoms with E-state index in [2.05, 4.69) is 11.9 Å². The minimum Gasteiger partial charge on any atom is -0.342 e. The second kappa shape index (κ2) is 6.59. The molecule has 1 amide bonds. The van der Waals surface area contributed by atoms with Crippen molar-refractivity contribution in [2.75, 3.05) is 19.6 Å². The van der Waals surface area contributed by atoms with Gasteiger partial charge in [0.05, 0.1) is 17.1 Å². The monoisotopic (exact) mass is 349 g/mol. The third-order valence-corrected chi connectivity index (χ3v) is 5.65. The molecule has 4 nitrogen and oxygen atoms in total. The van der Waals surface area contributed by atoms with E-state index in [9.17, 15) is 4.79 Å². The van der Waals surface area contributed by atoms with Gasteiger partial charge in [-0.2, -0.15) is 0 Å². The molecule has 1 atom stereocenters. The van der Waals surface area contributed by atoms with Gasteiger partial charge in [0.25, 0.3) is 0 Å². The third-order valence-electron chi connectivity index (χ3n) is 4.39. The summed E-state index contributed by atoms with van der Waals surface area (Å²) in [4.78, 5) is 18.9. The van der Waals surface area contributed by atoms with Gasteiger partial charge in [0, 0.05) is 24.0 Å². The lowest BCUT2D eigenvalue weighted by Gasteiger charge is -2.22. The molecule has 0 radical (unpaired) electrons. The van der Waals surface area contributed by atoms with Gasteiger partial charge in [-0.1, -0.05) is 36.7 Å². The molecule has 0 saturated carbocycles. The highest BCUT2D eigenvalue weighted by atomic mass is 35.5. The Kier molecular flexibility index (Phi) is 4.71. The van der Waals surface area contributed by atoms with Crippen molar-refractivity contribution in [3.8, 4) is 10.6 Å². The zero-order valence-corrected chi connectivity index (χ0v) is 14.7. The first-order valence-corrected chi connectivity index (χ1v) is 8.94. The van der Waals surface area contributed by atoms with E-state index in [0.29, 0.717) is 18.0 Å². The normalized spacial score (nSPS) is 20.9. The first kappa shape index (κ1) is 16.4. The molecule has 2 aromatic rings. The van der Waals surface area contributed by atoms with Crippen molar-refractivity contribution in [3.63, 3.8) is 0 Å². The Morgan fingerprint density at radius 1 is 1.48 bits per heavy atom. The van der Waals surface area contributed by atoms with Crippen LogP contribution in [0.1, 0.15) is 19.0 Å². The summed E-state index contributed by atoms with van der Waals surface area (Å²) < 4.78 is 0. The van der Waals surface area contributed by atoms with Crippen LogP contribution in [0.3, 0.4) is 0 Å². The number of nitrogens with zero attached hydrogens (tertiary/aromatic N) is 2. The van der Waals surface area contributed by atoms with Crippen molar-refractivity contribution < 1.29 is 4.79 Å². The Hall–Kier alpha value is -1.43. The number of carbonyl (C=O) groups excluding carboxylic acids is 1. The molecular formula is C17H20ClN3OS. The summed E-state index contributed by atoms with van der Waals surface area (Å²) in [5.74, 6) is 0.123. The van der Waals surface area contributed by atoms with Gasteiger partial charge in [0.15, 0.2) is 0 Å². The summed E-state index contributed by atoms with van der Waals surface area (Å²) in [5, 5.41) is 3.47. The van der Waals surface area contributed by atoms with E-state index in [4.69, 9.17) is 17.3 Å². The predicted molar refractivity (Wildman–Crippen MR) is 94.6 cm³/mol. The van der Waals surface area contributed by atoms with Crippen LogP contribution >= 0.6 is 22.9 Å². The second-order valence-corrected chi connectivity index (χ2v) is 7.65. The molecule has 0 aliphatic carbocycles. The largest absolute Gasteiger partial charge is 0.342 e. The fourth-order valence-corrected chi connectivity index (χ4v) is 3.96. The maximum absolute atomic E-state index is 12.5. The molecule has 1 aliphatic heterocycles. The molecule has 122 valence electrons. The molecule has 1 fully saturated rings. The van der Waals surface area contributed by atoms with Crippen LogP contribution in [0.2, 0.25) is 5.02 Å². The molecule has 1 aromatic heterocycles. The number of hydrogen-bond donors (Lipinski definition) is 1. The number of hydrogen-bond acceptors (Lipinski definition) is 4. The SMILES string of the molecule is CC1(CN)CCN(C(=O)Cc2csc(-c3ccccc3Cl)n2)C1. The summed E-state index contributed by atoms with van der Waals surface area (Å²) in [6.07, 6.45) is 1.30. The van der Waals surface area contributed by atoms with E-state index in [1.54, 1.807) is 0 Å². The number of halogens is 1. The number of likely N-dealkylation sites (tertiary alicyclic amines) is 1. The van der Waals surface area contributed by atoms with Crippen LogP contribution in [-0.4, -0.2) is 35.4 Å². The molecule has 3 rings (SSSR count). The Morgan fingerprint density at radius 3 is 2.96 bits per heavy atom. The Balaban J connectivity index is 1.68. The lowest BCUT2D eigenvalue weighted by molar-refractivity contribution is -0.129. The van der Waals surface area contributed by atoms with Crippen LogP contribution in [0, 0.1) is 5.41 Å². The molecule has 2 heterocycles. The number of rotatable bonds is 4. The fraction of sp³-hybridized carbons (Fsp3) is 0.412. The minimum atomic E-state index is 0.0560. The van der Waals surface area contributed by atoms with Crippen molar-refractivity contribution in [2.24, 2.45) is 11.1 Å². The van der Waals surface area contributed by atoms with E-state index in [-0.39, 0.29) is 11.3 Å². The van der Waals surface area contributed by atoms with Gasteiger partial charge in [-0.25, -0.2) is 4.98 Å². The molecule has 0 spiro atoms. The lowest BCUT2D eigenvalue weighted by Crippen LogP contribution is -2.35. The molecule has 1 unspecified atom stereocenters. The smallest absolute Gasteiger partial charge is 0.228 e. The molecular weight excluding hydrogens is 330 g/mol. The Morgan fingerprint density at radius 2 is 2.26 bits per heavy atom. The Labute approximate surface area is 145 Å². The average molecular weight is 350 g/mol. The number of thiazole rings is 1. The topological polar surface area (TPSA) is 59.2 Å². The zero-order valence-electron chi connectivity index (χ0n) is 13.1. The zero-order chi connectivity index (χ0) is 16.4. The molecule has 1 aliphatic rings. The number of benzene rings is 1. The van der Waals surface area contributed by atoms with Crippen LogP contribution in [-0.2, 0) is 11.2 Å². The molecule has 1 saturated heterocycles. The minimum absolute atomic E-state index is 0.0560. The van der Waals surface area contributed by atoms with Crippen molar-refractivity contribution in [3.05, 3.63) is 40.4 Å². The van der Waals surface area contributed by atoms with Gasteiger partial charge >= 0.3 is 0 Å². The number of amides is 1. The fourth-order valence-electron chi connectivity index (χ4n) is 2.82. The highest BCUT2D eigenvalue weighted by Crippen LogP contribution is 2.31. The van der Waals surface area contributed by atoms with Crippen LogP contribution in [0.4, 0.5) is 0 Å². The van der Waals surface area contributed by atoms with Gasteiger partial charge in [0.2, 0.25) is 5.91 Å². The number of carbonyl (C=O) groups is 1. The highest BCUT2D eigenvalue weighted by Gasteiger charge is 2.34. The molecule has 6 heteroatoms. The van der Waals surface area contributed by atoms with Crippen LogP contribution in [0.5, 0.6) is 0 Å². The molecule has 2 N–H and O–H groups in total. The Bertz CT molecular complexity index is 717. The van der Waals surface area contributed by atoms with Gasteiger partial charge in [-0.15, -0.1) is 11.3 Å². The maximum atomic E-state index is 12.5. The van der Waals surface area contributed by atoms with E-state index in [1.165, 1.54) is 11.3 Å². The maximum Gasteiger partial charge on any atom is 0.228 e. The summed E-state index contributed by atoms with van der Waals surface area (Å²) >= 11 is 7.72. The van der Waals surface area contributed by atoms with E-state index in [1.807, 2.05) is 34.5 Å². The van der Waals surface area contributed by atoms with Gasteiger partial charge in [-0.05, 0) is 24.4 Å². The van der Waals surface area contributed by atoms with Crippen LogP contribution in [0.25, 0.3) is 10.6 Å². The summed E-state index contributed by atoms with van der Waals surface area (Å²) in [6.45, 7) is 4.28. The summed E-state index contributed by atoms with van der Waals surface area (Å²) in [5.41, 5.74) is 7.57. The summed E-state index contributed by atoms with van der Waals surface area (Å²) in [7, 11) is 0. The van der Waals surface area contributed by atoms with Crippen LogP contribution in [0.15, 0.2) is 29.6 Å². The molecule has 0 bridgehead atoms. The quantitative estimate of drug-likeness (QED) is 0.922. The van der Waals surface area contributed by atoms with Crippen molar-refractivity contribution >= 4 is 28.8 Å². The van der Waals surface area contributed by atoms with Gasteiger partial charge in [0.1, 0.15) is 5.01 Å². The lowest BCUT2D eigenvalue weighted by atomic mass is 9.90. The number of aromatic nitrogens is 1. The molecule has 1 aromatic carbocycles. The van der Waals surface area contributed by atoms with Crippen molar-refractivity contribution in [2.45, 2.75) is 19.8 Å². The van der Waals surface area contributed by atoms with Crippen LogP contribution < -0.4 is 5.73 Å².